The van der Waals surface area contributed by atoms with Gasteiger partial charge in [-0.1, -0.05) is 26.0 Å². The summed E-state index contributed by atoms with van der Waals surface area (Å²) in [4.78, 5) is 14.4. The molecule has 0 saturated heterocycles. The minimum atomic E-state index is -0.0688. The maximum absolute atomic E-state index is 12.8. The monoisotopic (exact) mass is 314 g/mol. The van der Waals surface area contributed by atoms with E-state index in [2.05, 4.69) is 38.6 Å². The molecule has 0 bridgehead atoms. The van der Waals surface area contributed by atoms with Crippen LogP contribution in [0.25, 0.3) is 10.9 Å². The SMILES string of the molecule is C=CCn1c(C(=O)N(C)CCO)c(C)c2cc(C(C)C)ccc21. The average Bonchev–Trinajstić information content (AvgIpc) is 2.79. The number of hydrogen-bond acceptors (Lipinski definition) is 2. The van der Waals surface area contributed by atoms with Crippen LogP contribution in [-0.4, -0.2) is 40.7 Å². The van der Waals surface area contributed by atoms with Gasteiger partial charge in [0, 0.05) is 31.0 Å². The molecule has 0 aliphatic rings. The Bertz CT molecular complexity index is 729. The number of allylic oxidation sites excluding steroid dienone is 1. The zero-order chi connectivity index (χ0) is 17.1. The summed E-state index contributed by atoms with van der Waals surface area (Å²) in [6.07, 6.45) is 1.80. The minimum absolute atomic E-state index is 0.0412. The second kappa shape index (κ2) is 7.01. The van der Waals surface area contributed by atoms with Crippen LogP contribution in [-0.2, 0) is 6.54 Å². The summed E-state index contributed by atoms with van der Waals surface area (Å²) in [6.45, 7) is 11.0. The first-order chi connectivity index (χ1) is 10.9. The summed E-state index contributed by atoms with van der Waals surface area (Å²) >= 11 is 0. The number of benzene rings is 1. The van der Waals surface area contributed by atoms with Crippen LogP contribution >= 0.6 is 0 Å². The zero-order valence-corrected chi connectivity index (χ0v) is 14.5. The van der Waals surface area contributed by atoms with E-state index in [1.807, 2.05) is 11.5 Å². The van der Waals surface area contributed by atoms with Gasteiger partial charge in [0.25, 0.3) is 5.91 Å². The van der Waals surface area contributed by atoms with Crippen molar-refractivity contribution in [3.05, 3.63) is 47.7 Å². The standard InChI is InChI=1S/C19H26N2O2/c1-6-9-21-17-8-7-15(13(2)3)12-16(17)14(4)18(21)19(23)20(5)10-11-22/h6-8,12-13,22H,1,9-11H2,2-5H3. The third-order valence-corrected chi connectivity index (χ3v) is 4.30. The molecule has 0 saturated carbocycles. The largest absolute Gasteiger partial charge is 0.395 e. The molecule has 2 rings (SSSR count). The maximum Gasteiger partial charge on any atom is 0.270 e. The molecule has 1 aromatic heterocycles. The number of fused-ring (bicyclic) bond motifs is 1. The molecule has 0 unspecified atom stereocenters. The Labute approximate surface area is 138 Å². The van der Waals surface area contributed by atoms with Crippen molar-refractivity contribution in [3.8, 4) is 0 Å². The Morgan fingerprint density at radius 1 is 1.43 bits per heavy atom. The zero-order valence-electron chi connectivity index (χ0n) is 14.5. The Morgan fingerprint density at radius 3 is 2.70 bits per heavy atom. The van der Waals surface area contributed by atoms with Crippen molar-refractivity contribution in [1.29, 1.82) is 0 Å². The summed E-state index contributed by atoms with van der Waals surface area (Å²) in [6, 6.07) is 6.39. The molecule has 1 heterocycles. The normalized spacial score (nSPS) is 11.2. The van der Waals surface area contributed by atoms with Crippen LogP contribution < -0.4 is 0 Å². The lowest BCUT2D eigenvalue weighted by Crippen LogP contribution is -2.31. The first-order valence-corrected chi connectivity index (χ1v) is 8.02. The van der Waals surface area contributed by atoms with Crippen LogP contribution in [0.2, 0.25) is 0 Å². The third-order valence-electron chi connectivity index (χ3n) is 4.30. The van der Waals surface area contributed by atoms with E-state index in [1.165, 1.54) is 5.56 Å². The van der Waals surface area contributed by atoms with Crippen LogP contribution in [0.15, 0.2) is 30.9 Å². The molecule has 1 N–H and O–H groups in total. The fourth-order valence-corrected chi connectivity index (χ4v) is 2.93. The molecule has 0 spiro atoms. The van der Waals surface area contributed by atoms with Gasteiger partial charge in [0.05, 0.1) is 6.61 Å². The molecule has 0 radical (unpaired) electrons. The van der Waals surface area contributed by atoms with Crippen molar-refractivity contribution < 1.29 is 9.90 Å². The molecule has 0 atom stereocenters. The number of rotatable bonds is 6. The third kappa shape index (κ3) is 3.17. The molecule has 0 fully saturated rings. The van der Waals surface area contributed by atoms with Gasteiger partial charge < -0.3 is 14.6 Å². The van der Waals surface area contributed by atoms with Crippen LogP contribution in [0.1, 0.15) is 41.4 Å². The number of amides is 1. The highest BCUT2D eigenvalue weighted by Crippen LogP contribution is 2.29. The van der Waals surface area contributed by atoms with Crippen molar-refractivity contribution in [2.45, 2.75) is 33.2 Å². The first kappa shape index (κ1) is 17.3. The molecule has 2 aromatic rings. The van der Waals surface area contributed by atoms with Crippen LogP contribution in [0, 0.1) is 6.92 Å². The number of carbonyl (C=O) groups excluding carboxylic acids is 1. The van der Waals surface area contributed by atoms with Crippen LogP contribution in [0.5, 0.6) is 0 Å². The fourth-order valence-electron chi connectivity index (χ4n) is 2.93. The van der Waals surface area contributed by atoms with Crippen molar-refractivity contribution in [1.82, 2.24) is 9.47 Å². The number of carbonyl (C=O) groups is 1. The molecule has 0 aliphatic carbocycles. The maximum atomic E-state index is 12.8. The second-order valence-corrected chi connectivity index (χ2v) is 6.25. The quantitative estimate of drug-likeness (QED) is 0.831. The van der Waals surface area contributed by atoms with Crippen molar-refractivity contribution in [2.24, 2.45) is 0 Å². The molecule has 1 aromatic carbocycles. The Kier molecular flexibility index (Phi) is 5.26. The van der Waals surface area contributed by atoms with Gasteiger partial charge in [-0.25, -0.2) is 0 Å². The lowest BCUT2D eigenvalue weighted by molar-refractivity contribution is 0.0756. The summed E-state index contributed by atoms with van der Waals surface area (Å²) in [5, 5.41) is 10.2. The molecule has 4 heteroatoms. The number of aromatic nitrogens is 1. The predicted octanol–water partition coefficient (Wildman–Crippen LogP) is 3.32. The summed E-state index contributed by atoms with van der Waals surface area (Å²) in [5.41, 5.74) is 3.97. The van der Waals surface area contributed by atoms with Gasteiger partial charge in [0.2, 0.25) is 0 Å². The topological polar surface area (TPSA) is 45.5 Å². The molecule has 1 amide bonds. The summed E-state index contributed by atoms with van der Waals surface area (Å²) < 4.78 is 2.01. The average molecular weight is 314 g/mol. The van der Waals surface area contributed by atoms with E-state index in [9.17, 15) is 4.79 Å². The van der Waals surface area contributed by atoms with E-state index in [0.29, 0.717) is 24.7 Å². The first-order valence-electron chi connectivity index (χ1n) is 8.02. The number of aliphatic hydroxyl groups is 1. The Balaban J connectivity index is 2.67. The number of likely N-dealkylation sites (N-methyl/N-ethyl adjacent to an activating group) is 1. The summed E-state index contributed by atoms with van der Waals surface area (Å²) in [7, 11) is 1.72. The van der Waals surface area contributed by atoms with Crippen LogP contribution in [0.3, 0.4) is 0 Å². The molecule has 23 heavy (non-hydrogen) atoms. The highest BCUT2D eigenvalue weighted by Gasteiger charge is 2.22. The Hall–Kier alpha value is -2.07. The molecular formula is C19H26N2O2. The Morgan fingerprint density at radius 2 is 2.13 bits per heavy atom. The van der Waals surface area contributed by atoms with Gasteiger partial charge in [0.1, 0.15) is 5.69 Å². The molecule has 124 valence electrons. The van der Waals surface area contributed by atoms with Crippen LogP contribution in [0.4, 0.5) is 0 Å². The van der Waals surface area contributed by atoms with E-state index in [1.54, 1.807) is 18.0 Å². The summed E-state index contributed by atoms with van der Waals surface area (Å²) in [5.74, 6) is 0.374. The van der Waals surface area contributed by atoms with Crippen molar-refractivity contribution in [3.63, 3.8) is 0 Å². The number of aryl methyl sites for hydroxylation is 1. The number of hydrogen-bond donors (Lipinski definition) is 1. The number of nitrogens with zero attached hydrogens (tertiary/aromatic N) is 2. The van der Waals surface area contributed by atoms with Gasteiger partial charge in [0.15, 0.2) is 0 Å². The van der Waals surface area contributed by atoms with Gasteiger partial charge in [-0.3, -0.25) is 4.79 Å². The van der Waals surface area contributed by atoms with Gasteiger partial charge in [-0.15, -0.1) is 6.58 Å². The molecule has 4 nitrogen and oxygen atoms in total. The predicted molar refractivity (Wildman–Crippen MR) is 95.0 cm³/mol. The van der Waals surface area contributed by atoms with E-state index in [4.69, 9.17) is 5.11 Å². The highest BCUT2D eigenvalue weighted by atomic mass is 16.3. The van der Waals surface area contributed by atoms with E-state index >= 15 is 0 Å². The van der Waals surface area contributed by atoms with Crippen molar-refractivity contribution in [2.75, 3.05) is 20.2 Å². The highest BCUT2D eigenvalue weighted by molar-refractivity contribution is 6.01. The lowest BCUT2D eigenvalue weighted by Gasteiger charge is -2.18. The molecule has 0 aliphatic heterocycles. The lowest BCUT2D eigenvalue weighted by atomic mass is 10.0. The smallest absolute Gasteiger partial charge is 0.270 e. The van der Waals surface area contributed by atoms with Crippen molar-refractivity contribution >= 4 is 16.8 Å². The molecular weight excluding hydrogens is 288 g/mol. The van der Waals surface area contributed by atoms with E-state index in [-0.39, 0.29) is 12.5 Å². The van der Waals surface area contributed by atoms with Gasteiger partial charge >= 0.3 is 0 Å². The minimum Gasteiger partial charge on any atom is -0.395 e. The second-order valence-electron chi connectivity index (χ2n) is 6.25. The van der Waals surface area contributed by atoms with Gasteiger partial charge in [-0.05, 0) is 36.1 Å². The fraction of sp³-hybridized carbons (Fsp3) is 0.421. The van der Waals surface area contributed by atoms with E-state index < -0.39 is 0 Å². The number of aliphatic hydroxyl groups excluding tert-OH is 1. The van der Waals surface area contributed by atoms with Gasteiger partial charge in [-0.2, -0.15) is 0 Å². The van der Waals surface area contributed by atoms with E-state index in [0.717, 1.165) is 16.5 Å².